The van der Waals surface area contributed by atoms with E-state index in [1.165, 1.54) is 0 Å². The van der Waals surface area contributed by atoms with Crippen molar-refractivity contribution in [2.45, 2.75) is 10.6 Å². The first-order valence-electron chi connectivity index (χ1n) is 6.35. The molecule has 100 valence electrons. The van der Waals surface area contributed by atoms with Gasteiger partial charge >= 0.3 is 0 Å². The molecule has 0 amide bonds. The van der Waals surface area contributed by atoms with Gasteiger partial charge in [0, 0.05) is 16.0 Å². The molecule has 0 aliphatic carbocycles. The van der Waals surface area contributed by atoms with Gasteiger partial charge in [0.05, 0.1) is 0 Å². The summed E-state index contributed by atoms with van der Waals surface area (Å²) in [6, 6.07) is 18.8. The van der Waals surface area contributed by atoms with Crippen molar-refractivity contribution in [3.05, 3.63) is 66.2 Å². The van der Waals surface area contributed by atoms with Gasteiger partial charge in [-0.3, -0.25) is 0 Å². The van der Waals surface area contributed by atoms with Gasteiger partial charge in [-0.15, -0.1) is 11.8 Å². The van der Waals surface area contributed by atoms with Crippen molar-refractivity contribution in [1.82, 2.24) is 0 Å². The fourth-order valence-corrected chi connectivity index (χ4v) is 3.19. The fraction of sp³-hybridized carbons (Fsp3) is 0.0588. The summed E-state index contributed by atoms with van der Waals surface area (Å²) in [6.07, 6.45) is 0. The second-order valence-electron chi connectivity index (χ2n) is 4.59. The Morgan fingerprint density at radius 3 is 2.40 bits per heavy atom. The maximum atomic E-state index is 9.87. The molecule has 0 radical (unpaired) electrons. The highest BCUT2D eigenvalue weighted by molar-refractivity contribution is 7.98. The number of hydrogen-bond donors (Lipinski definition) is 2. The zero-order chi connectivity index (χ0) is 13.9. The summed E-state index contributed by atoms with van der Waals surface area (Å²) in [5, 5.41) is 21.3. The summed E-state index contributed by atoms with van der Waals surface area (Å²) in [4.78, 5) is 1.13. The summed E-state index contributed by atoms with van der Waals surface area (Å²) in [7, 11) is 0. The first kappa shape index (κ1) is 12.9. The average molecular weight is 282 g/mol. The maximum absolute atomic E-state index is 9.87. The van der Waals surface area contributed by atoms with E-state index in [0.717, 1.165) is 27.0 Å². The third-order valence-electron chi connectivity index (χ3n) is 3.17. The monoisotopic (exact) mass is 282 g/mol. The molecule has 0 heterocycles. The lowest BCUT2D eigenvalue weighted by molar-refractivity contribution is 0.475. The highest BCUT2D eigenvalue weighted by Crippen LogP contribution is 2.34. The largest absolute Gasteiger partial charge is 0.508 e. The van der Waals surface area contributed by atoms with E-state index in [1.807, 2.05) is 42.5 Å². The molecule has 0 fully saturated rings. The van der Waals surface area contributed by atoms with Crippen molar-refractivity contribution in [3.8, 4) is 11.5 Å². The lowest BCUT2D eigenvalue weighted by Gasteiger charge is -2.08. The van der Waals surface area contributed by atoms with Crippen molar-refractivity contribution in [1.29, 1.82) is 0 Å². The van der Waals surface area contributed by atoms with Crippen LogP contribution >= 0.6 is 11.8 Å². The minimum absolute atomic E-state index is 0.290. The smallest absolute Gasteiger partial charge is 0.123 e. The molecular weight excluding hydrogens is 268 g/mol. The predicted molar refractivity (Wildman–Crippen MR) is 83.3 cm³/mol. The highest BCUT2D eigenvalue weighted by atomic mass is 32.2. The third kappa shape index (κ3) is 2.58. The zero-order valence-electron chi connectivity index (χ0n) is 10.8. The molecule has 3 rings (SSSR count). The molecule has 0 aliphatic heterocycles. The van der Waals surface area contributed by atoms with Crippen molar-refractivity contribution in [3.63, 3.8) is 0 Å². The Bertz CT molecular complexity index is 753. The summed E-state index contributed by atoms with van der Waals surface area (Å²) in [5.74, 6) is 1.38. The second kappa shape index (κ2) is 5.47. The van der Waals surface area contributed by atoms with Crippen LogP contribution in [0.15, 0.2) is 65.6 Å². The number of rotatable bonds is 3. The Hall–Kier alpha value is -2.13. The minimum Gasteiger partial charge on any atom is -0.508 e. The Kier molecular flexibility index (Phi) is 3.52. The second-order valence-corrected chi connectivity index (χ2v) is 5.60. The molecule has 0 saturated carbocycles. The van der Waals surface area contributed by atoms with Crippen molar-refractivity contribution in [2.75, 3.05) is 0 Å². The van der Waals surface area contributed by atoms with Crippen LogP contribution in [0.5, 0.6) is 11.5 Å². The van der Waals surface area contributed by atoms with Crippen LogP contribution in [0.4, 0.5) is 0 Å². The molecule has 2 nitrogen and oxygen atoms in total. The molecular formula is C17H14O2S. The van der Waals surface area contributed by atoms with E-state index < -0.39 is 0 Å². The van der Waals surface area contributed by atoms with Crippen molar-refractivity contribution >= 4 is 22.5 Å². The first-order chi connectivity index (χ1) is 9.74. The number of phenols is 2. The summed E-state index contributed by atoms with van der Waals surface area (Å²) in [6.45, 7) is 0. The Morgan fingerprint density at radius 2 is 1.60 bits per heavy atom. The molecule has 2 N–H and O–H groups in total. The lowest BCUT2D eigenvalue weighted by atomic mass is 10.1. The van der Waals surface area contributed by atoms with Gasteiger partial charge in [0.25, 0.3) is 0 Å². The van der Waals surface area contributed by atoms with E-state index in [4.69, 9.17) is 0 Å². The van der Waals surface area contributed by atoms with Gasteiger partial charge in [-0.25, -0.2) is 0 Å². The van der Waals surface area contributed by atoms with E-state index in [9.17, 15) is 10.2 Å². The number of fused-ring (bicyclic) bond motifs is 1. The first-order valence-corrected chi connectivity index (χ1v) is 7.34. The summed E-state index contributed by atoms with van der Waals surface area (Å²) in [5.41, 5.74) is 1.08. The third-order valence-corrected chi connectivity index (χ3v) is 4.31. The number of phenolic OH excluding ortho intramolecular Hbond substituents is 2. The van der Waals surface area contributed by atoms with Crippen LogP contribution in [0, 0.1) is 0 Å². The predicted octanol–water partition coefficient (Wildman–Crippen LogP) is 4.54. The highest BCUT2D eigenvalue weighted by Gasteiger charge is 2.05. The molecule has 3 aromatic carbocycles. The van der Waals surface area contributed by atoms with Crippen LogP contribution in [-0.2, 0) is 5.75 Å². The number of hydrogen-bond acceptors (Lipinski definition) is 3. The molecule has 0 aliphatic rings. The van der Waals surface area contributed by atoms with Crippen LogP contribution in [0.3, 0.4) is 0 Å². The van der Waals surface area contributed by atoms with Gasteiger partial charge in [0.1, 0.15) is 11.5 Å². The number of benzene rings is 3. The molecule has 20 heavy (non-hydrogen) atoms. The SMILES string of the molecule is Oc1cccc(CSc2ccc(O)c3ccccc23)c1. The Labute approximate surface area is 121 Å². The topological polar surface area (TPSA) is 40.5 Å². The van der Waals surface area contributed by atoms with Crippen molar-refractivity contribution < 1.29 is 10.2 Å². The van der Waals surface area contributed by atoms with Crippen LogP contribution in [-0.4, -0.2) is 10.2 Å². The molecule has 0 saturated heterocycles. The standard InChI is InChI=1S/C17H14O2S/c18-13-5-3-4-12(10-13)11-20-17-9-8-16(19)14-6-1-2-7-15(14)17/h1-10,18-19H,11H2. The van der Waals surface area contributed by atoms with Gasteiger partial charge in [0.2, 0.25) is 0 Å². The van der Waals surface area contributed by atoms with Crippen LogP contribution in [0.2, 0.25) is 0 Å². The molecule has 0 aromatic heterocycles. The molecule has 0 atom stereocenters. The van der Waals surface area contributed by atoms with Gasteiger partial charge < -0.3 is 10.2 Å². The molecule has 3 heteroatoms. The summed E-state index contributed by atoms with van der Waals surface area (Å²) >= 11 is 1.70. The van der Waals surface area contributed by atoms with E-state index in [2.05, 4.69) is 0 Å². The fourth-order valence-electron chi connectivity index (χ4n) is 2.19. The zero-order valence-corrected chi connectivity index (χ0v) is 11.6. The minimum atomic E-state index is 0.290. The van der Waals surface area contributed by atoms with E-state index >= 15 is 0 Å². The average Bonchev–Trinajstić information content (AvgIpc) is 2.47. The number of thioether (sulfide) groups is 1. The molecule has 0 bridgehead atoms. The van der Waals surface area contributed by atoms with Gasteiger partial charge in [-0.2, -0.15) is 0 Å². The van der Waals surface area contributed by atoms with Crippen LogP contribution < -0.4 is 0 Å². The number of aromatic hydroxyl groups is 2. The van der Waals surface area contributed by atoms with Crippen LogP contribution in [0.1, 0.15) is 5.56 Å². The molecule has 0 spiro atoms. The normalized spacial score (nSPS) is 10.8. The van der Waals surface area contributed by atoms with Crippen LogP contribution in [0.25, 0.3) is 10.8 Å². The van der Waals surface area contributed by atoms with Gasteiger partial charge in [-0.1, -0.05) is 36.4 Å². The van der Waals surface area contributed by atoms with E-state index in [-0.39, 0.29) is 0 Å². The molecule has 0 unspecified atom stereocenters. The van der Waals surface area contributed by atoms with Crippen molar-refractivity contribution in [2.24, 2.45) is 0 Å². The van der Waals surface area contributed by atoms with E-state index in [1.54, 1.807) is 30.0 Å². The van der Waals surface area contributed by atoms with Gasteiger partial charge in [-0.05, 0) is 35.2 Å². The lowest BCUT2D eigenvalue weighted by Crippen LogP contribution is -1.82. The van der Waals surface area contributed by atoms with E-state index in [0.29, 0.717) is 11.5 Å². The summed E-state index contributed by atoms with van der Waals surface area (Å²) < 4.78 is 0. The maximum Gasteiger partial charge on any atom is 0.123 e. The van der Waals surface area contributed by atoms with Gasteiger partial charge in [0.15, 0.2) is 0 Å². The quantitative estimate of drug-likeness (QED) is 0.693. The Morgan fingerprint density at radius 1 is 0.800 bits per heavy atom. The molecule has 3 aromatic rings. The Balaban J connectivity index is 1.90.